The van der Waals surface area contributed by atoms with Crippen molar-refractivity contribution in [2.75, 3.05) is 13.1 Å². The lowest BCUT2D eigenvalue weighted by molar-refractivity contribution is 0.0876. The fourth-order valence-electron chi connectivity index (χ4n) is 2.45. The summed E-state index contributed by atoms with van der Waals surface area (Å²) in [5, 5.41) is 0. The average molecular weight is 275 g/mol. The summed E-state index contributed by atoms with van der Waals surface area (Å²) < 4.78 is 0. The predicted molar refractivity (Wildman–Crippen MR) is 86.2 cm³/mol. The van der Waals surface area contributed by atoms with Gasteiger partial charge in [-0.25, -0.2) is 0 Å². The first-order valence-electron chi connectivity index (χ1n) is 7.89. The minimum Gasteiger partial charge on any atom is -0.300 e. The third-order valence-corrected chi connectivity index (χ3v) is 3.79. The normalized spacial score (nSPS) is 12.9. The fraction of sp³-hybridized carbons (Fsp3) is 0.611. The van der Waals surface area contributed by atoms with Crippen molar-refractivity contribution in [2.45, 2.75) is 53.0 Å². The Hall–Kier alpha value is -1.15. The molecule has 0 bridgehead atoms. The van der Waals surface area contributed by atoms with Gasteiger partial charge in [0.05, 0.1) is 0 Å². The van der Waals surface area contributed by atoms with E-state index >= 15 is 0 Å². The Labute approximate surface area is 124 Å². The summed E-state index contributed by atoms with van der Waals surface area (Å²) in [5.74, 6) is 0.313. The van der Waals surface area contributed by atoms with Gasteiger partial charge in [0.15, 0.2) is 5.78 Å². The average Bonchev–Trinajstić information content (AvgIpc) is 2.46. The lowest BCUT2D eigenvalue weighted by Crippen LogP contribution is -2.37. The van der Waals surface area contributed by atoms with Crippen molar-refractivity contribution in [2.24, 2.45) is 5.92 Å². The van der Waals surface area contributed by atoms with Crippen LogP contribution >= 0.6 is 0 Å². The highest BCUT2D eigenvalue weighted by Crippen LogP contribution is 2.13. The van der Waals surface area contributed by atoms with Gasteiger partial charge in [-0.1, -0.05) is 57.0 Å². The number of ketones is 1. The molecular weight excluding hydrogens is 246 g/mol. The van der Waals surface area contributed by atoms with Gasteiger partial charge < -0.3 is 4.90 Å². The van der Waals surface area contributed by atoms with E-state index in [1.54, 1.807) is 0 Å². The Morgan fingerprint density at radius 1 is 1.10 bits per heavy atom. The number of hydrogen-bond acceptors (Lipinski definition) is 2. The van der Waals surface area contributed by atoms with Crippen LogP contribution in [0.4, 0.5) is 0 Å². The number of nitrogens with zero attached hydrogens (tertiary/aromatic N) is 1. The van der Waals surface area contributed by atoms with Crippen molar-refractivity contribution >= 4 is 5.78 Å². The summed E-state index contributed by atoms with van der Waals surface area (Å²) in [6.45, 7) is 10.6. The van der Waals surface area contributed by atoms with E-state index in [4.69, 9.17) is 0 Å². The van der Waals surface area contributed by atoms with Crippen LogP contribution in [0.15, 0.2) is 30.3 Å². The zero-order valence-electron chi connectivity index (χ0n) is 13.4. The molecule has 1 rings (SSSR count). The van der Waals surface area contributed by atoms with E-state index in [1.165, 1.54) is 19.3 Å². The molecule has 2 nitrogen and oxygen atoms in total. The van der Waals surface area contributed by atoms with Crippen LogP contribution in [0.25, 0.3) is 0 Å². The SMILES string of the molecule is CCCCCN(CC(C)C(=O)c1ccccc1)C(C)C. The van der Waals surface area contributed by atoms with Gasteiger partial charge in [-0.3, -0.25) is 4.79 Å². The highest BCUT2D eigenvalue weighted by molar-refractivity contribution is 5.97. The van der Waals surface area contributed by atoms with E-state index in [0.29, 0.717) is 6.04 Å². The van der Waals surface area contributed by atoms with Gasteiger partial charge in [-0.05, 0) is 26.8 Å². The van der Waals surface area contributed by atoms with Crippen molar-refractivity contribution in [3.05, 3.63) is 35.9 Å². The molecular formula is C18H29NO. The summed E-state index contributed by atoms with van der Waals surface area (Å²) in [7, 11) is 0. The van der Waals surface area contributed by atoms with E-state index in [2.05, 4.69) is 25.7 Å². The Bertz CT molecular complexity index is 386. The van der Waals surface area contributed by atoms with Crippen LogP contribution < -0.4 is 0 Å². The lowest BCUT2D eigenvalue weighted by Gasteiger charge is -2.29. The molecule has 0 aliphatic rings. The van der Waals surface area contributed by atoms with Gasteiger partial charge in [0.25, 0.3) is 0 Å². The first-order chi connectivity index (χ1) is 9.56. The molecule has 0 heterocycles. The largest absolute Gasteiger partial charge is 0.300 e. The first-order valence-corrected chi connectivity index (χ1v) is 7.89. The predicted octanol–water partition coefficient (Wildman–Crippen LogP) is 4.41. The second-order valence-electron chi connectivity index (χ2n) is 5.93. The van der Waals surface area contributed by atoms with Gasteiger partial charge in [0.2, 0.25) is 0 Å². The molecule has 1 atom stereocenters. The van der Waals surface area contributed by atoms with Gasteiger partial charge in [0.1, 0.15) is 0 Å². The zero-order chi connectivity index (χ0) is 15.0. The Kier molecular flexibility index (Phi) is 7.53. The smallest absolute Gasteiger partial charge is 0.166 e. The summed E-state index contributed by atoms with van der Waals surface area (Å²) in [6, 6.07) is 10.1. The topological polar surface area (TPSA) is 20.3 Å². The number of benzene rings is 1. The number of carbonyl (C=O) groups excluding carboxylic acids is 1. The summed E-state index contributed by atoms with van der Waals surface area (Å²) in [6.07, 6.45) is 3.73. The molecule has 1 aromatic carbocycles. The van der Waals surface area contributed by atoms with Crippen LogP contribution in [-0.2, 0) is 0 Å². The van der Waals surface area contributed by atoms with Crippen LogP contribution in [0.5, 0.6) is 0 Å². The van der Waals surface area contributed by atoms with Crippen LogP contribution in [0.1, 0.15) is 57.3 Å². The van der Waals surface area contributed by atoms with Gasteiger partial charge >= 0.3 is 0 Å². The second kappa shape index (κ2) is 8.91. The summed E-state index contributed by atoms with van der Waals surface area (Å²) in [4.78, 5) is 14.8. The maximum Gasteiger partial charge on any atom is 0.166 e. The molecule has 2 heteroatoms. The highest BCUT2D eigenvalue weighted by atomic mass is 16.1. The number of rotatable bonds is 9. The Morgan fingerprint density at radius 2 is 1.75 bits per heavy atom. The number of Topliss-reactive ketones (excluding diaryl/α,β-unsaturated/α-hetero) is 1. The summed E-state index contributed by atoms with van der Waals surface area (Å²) in [5.41, 5.74) is 0.831. The molecule has 1 aromatic rings. The van der Waals surface area contributed by atoms with Crippen LogP contribution in [0.2, 0.25) is 0 Å². The van der Waals surface area contributed by atoms with Crippen LogP contribution in [0, 0.1) is 5.92 Å². The maximum atomic E-state index is 12.4. The molecule has 0 aliphatic carbocycles. The molecule has 0 N–H and O–H groups in total. The molecule has 0 saturated carbocycles. The fourth-order valence-corrected chi connectivity index (χ4v) is 2.45. The molecule has 0 amide bonds. The molecule has 0 aromatic heterocycles. The molecule has 0 fully saturated rings. The molecule has 1 unspecified atom stereocenters. The minimum absolute atomic E-state index is 0.0569. The van der Waals surface area contributed by atoms with E-state index in [9.17, 15) is 4.79 Å². The van der Waals surface area contributed by atoms with Crippen molar-refractivity contribution in [3.8, 4) is 0 Å². The molecule has 20 heavy (non-hydrogen) atoms. The standard InChI is InChI=1S/C18H29NO/c1-5-6-10-13-19(15(2)3)14-16(4)18(20)17-11-8-7-9-12-17/h7-9,11-12,15-16H,5-6,10,13-14H2,1-4H3. The minimum atomic E-state index is 0.0569. The number of unbranched alkanes of at least 4 members (excludes halogenated alkanes) is 2. The van der Waals surface area contributed by atoms with Gasteiger partial charge in [-0.2, -0.15) is 0 Å². The first kappa shape index (κ1) is 16.9. The van der Waals surface area contributed by atoms with E-state index < -0.39 is 0 Å². The highest BCUT2D eigenvalue weighted by Gasteiger charge is 2.19. The molecule has 112 valence electrons. The lowest BCUT2D eigenvalue weighted by atomic mass is 9.98. The zero-order valence-corrected chi connectivity index (χ0v) is 13.4. The second-order valence-corrected chi connectivity index (χ2v) is 5.93. The van der Waals surface area contributed by atoms with E-state index in [1.807, 2.05) is 37.3 Å². The number of hydrogen-bond donors (Lipinski definition) is 0. The number of carbonyl (C=O) groups is 1. The maximum absolute atomic E-state index is 12.4. The molecule has 0 aliphatic heterocycles. The van der Waals surface area contributed by atoms with Crippen LogP contribution in [-0.4, -0.2) is 29.8 Å². The van der Waals surface area contributed by atoms with Gasteiger partial charge in [-0.15, -0.1) is 0 Å². The molecule has 0 saturated heterocycles. The van der Waals surface area contributed by atoms with Crippen molar-refractivity contribution in [3.63, 3.8) is 0 Å². The Morgan fingerprint density at radius 3 is 2.30 bits per heavy atom. The van der Waals surface area contributed by atoms with Crippen LogP contribution in [0.3, 0.4) is 0 Å². The van der Waals surface area contributed by atoms with Gasteiger partial charge in [0, 0.05) is 24.1 Å². The molecule has 0 spiro atoms. The molecule has 0 radical (unpaired) electrons. The Balaban J connectivity index is 2.57. The van der Waals surface area contributed by atoms with E-state index in [-0.39, 0.29) is 11.7 Å². The van der Waals surface area contributed by atoms with Crippen molar-refractivity contribution in [1.29, 1.82) is 0 Å². The van der Waals surface area contributed by atoms with Crippen molar-refractivity contribution in [1.82, 2.24) is 4.90 Å². The quantitative estimate of drug-likeness (QED) is 0.491. The third-order valence-electron chi connectivity index (χ3n) is 3.79. The summed E-state index contributed by atoms with van der Waals surface area (Å²) >= 11 is 0. The third kappa shape index (κ3) is 5.46. The van der Waals surface area contributed by atoms with Crippen molar-refractivity contribution < 1.29 is 4.79 Å². The monoisotopic (exact) mass is 275 g/mol. The van der Waals surface area contributed by atoms with E-state index in [0.717, 1.165) is 18.7 Å².